The van der Waals surface area contributed by atoms with Crippen molar-refractivity contribution >= 4 is 23.6 Å². The van der Waals surface area contributed by atoms with E-state index in [1.165, 1.54) is 6.07 Å². The predicted molar refractivity (Wildman–Crippen MR) is 86.3 cm³/mol. The second kappa shape index (κ2) is 6.76. The molecule has 0 spiro atoms. The van der Waals surface area contributed by atoms with Crippen LogP contribution >= 0.6 is 0 Å². The number of aldehydes is 1. The molecule has 0 saturated heterocycles. The molecule has 0 unspecified atom stereocenters. The molecule has 0 saturated carbocycles. The van der Waals surface area contributed by atoms with Gasteiger partial charge in [0.05, 0.1) is 5.69 Å². The van der Waals surface area contributed by atoms with E-state index < -0.39 is 0 Å². The third-order valence-corrected chi connectivity index (χ3v) is 3.32. The molecule has 0 heterocycles. The first-order valence-electron chi connectivity index (χ1n) is 6.84. The van der Waals surface area contributed by atoms with E-state index in [0.29, 0.717) is 23.3 Å². The molecule has 22 heavy (non-hydrogen) atoms. The van der Waals surface area contributed by atoms with E-state index in [-0.39, 0.29) is 12.5 Å². The average molecular weight is 298 g/mol. The van der Waals surface area contributed by atoms with Crippen LogP contribution in [0.3, 0.4) is 0 Å². The number of aryl methyl sites for hydroxylation is 2. The summed E-state index contributed by atoms with van der Waals surface area (Å²) in [7, 11) is 0. The summed E-state index contributed by atoms with van der Waals surface area (Å²) >= 11 is 0. The number of hydrogen-bond donors (Lipinski definition) is 2. The lowest BCUT2D eigenvalue weighted by molar-refractivity contribution is -0.118. The molecule has 0 aromatic heterocycles. The van der Waals surface area contributed by atoms with Gasteiger partial charge in [0.15, 0.2) is 6.61 Å². The summed E-state index contributed by atoms with van der Waals surface area (Å²) in [5.74, 6) is 0.1000. The lowest BCUT2D eigenvalue weighted by Gasteiger charge is -2.10. The lowest BCUT2D eigenvalue weighted by atomic mass is 10.1. The van der Waals surface area contributed by atoms with Crippen LogP contribution in [0.25, 0.3) is 0 Å². The third kappa shape index (κ3) is 3.85. The van der Waals surface area contributed by atoms with Crippen LogP contribution in [0.2, 0.25) is 0 Å². The fraction of sp³-hybridized carbons (Fsp3) is 0.176. The van der Waals surface area contributed by atoms with E-state index in [1.54, 1.807) is 12.1 Å². The molecule has 2 rings (SSSR count). The number of carbonyl (C=O) groups excluding carboxylic acids is 2. The molecule has 5 heteroatoms. The molecule has 5 nitrogen and oxygen atoms in total. The van der Waals surface area contributed by atoms with Gasteiger partial charge >= 0.3 is 0 Å². The van der Waals surface area contributed by atoms with Crippen LogP contribution in [0, 0.1) is 13.8 Å². The number of benzene rings is 2. The van der Waals surface area contributed by atoms with Gasteiger partial charge in [0, 0.05) is 11.3 Å². The molecule has 0 radical (unpaired) electrons. The topological polar surface area (TPSA) is 81.4 Å². The Morgan fingerprint density at radius 3 is 2.59 bits per heavy atom. The van der Waals surface area contributed by atoms with E-state index in [1.807, 2.05) is 32.0 Å². The number of ether oxygens (including phenoxy) is 1. The maximum Gasteiger partial charge on any atom is 0.262 e. The number of rotatable bonds is 5. The summed E-state index contributed by atoms with van der Waals surface area (Å²) in [6.45, 7) is 3.84. The van der Waals surface area contributed by atoms with Gasteiger partial charge in [-0.2, -0.15) is 0 Å². The first-order chi connectivity index (χ1) is 10.5. The summed E-state index contributed by atoms with van der Waals surface area (Å²) in [6.07, 6.45) is 0.701. The van der Waals surface area contributed by atoms with Crippen molar-refractivity contribution < 1.29 is 14.3 Å². The van der Waals surface area contributed by atoms with Crippen molar-refractivity contribution in [3.63, 3.8) is 0 Å². The van der Waals surface area contributed by atoms with Gasteiger partial charge in [0.2, 0.25) is 0 Å². The first kappa shape index (κ1) is 15.6. The molecule has 0 fully saturated rings. The maximum absolute atomic E-state index is 11.9. The van der Waals surface area contributed by atoms with Crippen molar-refractivity contribution in [1.82, 2.24) is 0 Å². The van der Waals surface area contributed by atoms with Gasteiger partial charge in [-0.25, -0.2) is 0 Å². The van der Waals surface area contributed by atoms with E-state index in [4.69, 9.17) is 10.5 Å². The van der Waals surface area contributed by atoms with E-state index in [9.17, 15) is 9.59 Å². The van der Waals surface area contributed by atoms with Crippen molar-refractivity contribution in [3.8, 4) is 5.75 Å². The largest absolute Gasteiger partial charge is 0.482 e. The monoisotopic (exact) mass is 298 g/mol. The fourth-order valence-corrected chi connectivity index (χ4v) is 1.93. The maximum atomic E-state index is 11.9. The molecule has 2 aromatic carbocycles. The molecule has 0 bridgehead atoms. The standard InChI is InChI=1S/C17H18N2O3/c1-11-3-5-14(7-12(11)2)19-17(21)10-22-16-6-4-13(9-20)8-15(16)18/h3-9H,10,18H2,1-2H3,(H,19,21). The Labute approximate surface area is 129 Å². The number of nitrogen functional groups attached to an aromatic ring is 1. The van der Waals surface area contributed by atoms with Gasteiger partial charge in [-0.15, -0.1) is 0 Å². The van der Waals surface area contributed by atoms with Crippen molar-refractivity contribution in [2.45, 2.75) is 13.8 Å². The Morgan fingerprint density at radius 1 is 1.18 bits per heavy atom. The fourth-order valence-electron chi connectivity index (χ4n) is 1.93. The van der Waals surface area contributed by atoms with Crippen molar-refractivity contribution in [3.05, 3.63) is 53.1 Å². The number of anilines is 2. The van der Waals surface area contributed by atoms with Gasteiger partial charge < -0.3 is 15.8 Å². The second-order valence-electron chi connectivity index (χ2n) is 5.05. The Balaban J connectivity index is 1.95. The average Bonchev–Trinajstić information content (AvgIpc) is 2.49. The Hall–Kier alpha value is -2.82. The Bertz CT molecular complexity index is 711. The van der Waals surface area contributed by atoms with Gasteiger partial charge in [0.25, 0.3) is 5.91 Å². The quantitative estimate of drug-likeness (QED) is 0.657. The minimum Gasteiger partial charge on any atom is -0.482 e. The smallest absolute Gasteiger partial charge is 0.262 e. The lowest BCUT2D eigenvalue weighted by Crippen LogP contribution is -2.20. The number of amides is 1. The molecule has 0 aliphatic carbocycles. The van der Waals surface area contributed by atoms with E-state index in [0.717, 1.165) is 16.8 Å². The van der Waals surface area contributed by atoms with Gasteiger partial charge in [-0.3, -0.25) is 9.59 Å². The van der Waals surface area contributed by atoms with Gasteiger partial charge in [-0.1, -0.05) is 6.07 Å². The molecule has 0 aliphatic rings. The van der Waals surface area contributed by atoms with Crippen LogP contribution in [-0.4, -0.2) is 18.8 Å². The predicted octanol–water partition coefficient (Wildman–Crippen LogP) is 2.72. The summed E-state index contributed by atoms with van der Waals surface area (Å²) in [4.78, 5) is 22.5. The molecule has 114 valence electrons. The van der Waals surface area contributed by atoms with Gasteiger partial charge in [-0.05, 0) is 55.3 Å². The Kier molecular flexibility index (Phi) is 4.78. The SMILES string of the molecule is Cc1ccc(NC(=O)COc2ccc(C=O)cc2N)cc1C. The van der Waals surface area contributed by atoms with E-state index in [2.05, 4.69) is 5.32 Å². The summed E-state index contributed by atoms with van der Waals surface area (Å²) in [5.41, 5.74) is 9.53. The van der Waals surface area contributed by atoms with Crippen LogP contribution in [0.15, 0.2) is 36.4 Å². The second-order valence-corrected chi connectivity index (χ2v) is 5.05. The number of hydrogen-bond acceptors (Lipinski definition) is 4. The highest BCUT2D eigenvalue weighted by Gasteiger charge is 2.07. The van der Waals surface area contributed by atoms with Crippen molar-refractivity contribution in [2.24, 2.45) is 0 Å². The molecule has 0 aliphatic heterocycles. The van der Waals surface area contributed by atoms with Crippen LogP contribution in [-0.2, 0) is 4.79 Å². The molecule has 1 amide bonds. The summed E-state index contributed by atoms with van der Waals surface area (Å²) in [6, 6.07) is 10.3. The molecular formula is C17H18N2O3. The molecule has 2 aromatic rings. The Morgan fingerprint density at radius 2 is 1.95 bits per heavy atom. The first-order valence-corrected chi connectivity index (χ1v) is 6.84. The number of carbonyl (C=O) groups is 2. The third-order valence-electron chi connectivity index (χ3n) is 3.32. The van der Waals surface area contributed by atoms with E-state index >= 15 is 0 Å². The van der Waals surface area contributed by atoms with Crippen LogP contribution < -0.4 is 15.8 Å². The minimum atomic E-state index is -0.276. The highest BCUT2D eigenvalue weighted by atomic mass is 16.5. The highest BCUT2D eigenvalue weighted by molar-refractivity contribution is 5.92. The number of nitrogens with one attached hydrogen (secondary N) is 1. The summed E-state index contributed by atoms with van der Waals surface area (Å²) in [5, 5.41) is 2.76. The van der Waals surface area contributed by atoms with Crippen molar-refractivity contribution in [2.75, 3.05) is 17.7 Å². The zero-order valence-corrected chi connectivity index (χ0v) is 12.6. The molecule has 3 N–H and O–H groups in total. The molecular weight excluding hydrogens is 280 g/mol. The zero-order valence-electron chi connectivity index (χ0n) is 12.6. The van der Waals surface area contributed by atoms with Gasteiger partial charge in [0.1, 0.15) is 12.0 Å². The molecule has 0 atom stereocenters. The summed E-state index contributed by atoms with van der Waals surface area (Å²) < 4.78 is 5.37. The van der Waals surface area contributed by atoms with Crippen molar-refractivity contribution in [1.29, 1.82) is 0 Å². The highest BCUT2D eigenvalue weighted by Crippen LogP contribution is 2.22. The normalized spacial score (nSPS) is 10.1. The minimum absolute atomic E-state index is 0.155. The van der Waals surface area contributed by atoms with Crippen LogP contribution in [0.5, 0.6) is 5.75 Å². The number of nitrogens with two attached hydrogens (primary N) is 1. The van der Waals surface area contributed by atoms with Crippen LogP contribution in [0.4, 0.5) is 11.4 Å². The van der Waals surface area contributed by atoms with Crippen LogP contribution in [0.1, 0.15) is 21.5 Å². The zero-order chi connectivity index (χ0) is 16.1.